The Morgan fingerprint density at radius 2 is 1.49 bits per heavy atom. The van der Waals surface area contributed by atoms with Crippen LogP contribution in [0.15, 0.2) is 103 Å². The van der Waals surface area contributed by atoms with Crippen LogP contribution in [0.25, 0.3) is 21.7 Å². The number of rotatable bonds is 10. The van der Waals surface area contributed by atoms with Gasteiger partial charge >= 0.3 is 12.1 Å². The molecule has 0 fully saturated rings. The highest BCUT2D eigenvalue weighted by Gasteiger charge is 2.38. The molecule has 0 aliphatic heterocycles. The van der Waals surface area contributed by atoms with Crippen molar-refractivity contribution < 1.29 is 27.9 Å². The van der Waals surface area contributed by atoms with E-state index < -0.39 is 23.7 Å². The number of aromatic amines is 1. The van der Waals surface area contributed by atoms with Gasteiger partial charge < -0.3 is 25.7 Å². The third-order valence-electron chi connectivity index (χ3n) is 8.09. The van der Waals surface area contributed by atoms with Crippen molar-refractivity contribution in [2.24, 2.45) is 5.73 Å². The highest BCUT2D eigenvalue weighted by Crippen LogP contribution is 2.27. The number of aromatic nitrogens is 4. The van der Waals surface area contributed by atoms with Crippen molar-refractivity contribution in [1.29, 1.82) is 0 Å². The lowest BCUT2D eigenvalue weighted by atomic mass is 10.0. The van der Waals surface area contributed by atoms with Crippen LogP contribution >= 0.6 is 0 Å². The molecule has 0 aliphatic rings. The van der Waals surface area contributed by atoms with E-state index in [0.717, 1.165) is 35.1 Å². The lowest BCUT2D eigenvalue weighted by Crippen LogP contribution is -2.50. The van der Waals surface area contributed by atoms with Crippen molar-refractivity contribution in [2.75, 3.05) is 0 Å². The number of nitrogens with one attached hydrogen (secondary N) is 2. The number of fused-ring (bicyclic) bond motifs is 2. The van der Waals surface area contributed by atoms with E-state index >= 15 is 0 Å². The number of benzene rings is 4. The summed E-state index contributed by atoms with van der Waals surface area (Å²) in [6, 6.07) is 33.0. The van der Waals surface area contributed by atoms with E-state index in [2.05, 4.69) is 93.7 Å². The number of carbonyl (C=O) groups excluding carboxylic acids is 1. The molecule has 4 aromatic carbocycles. The van der Waals surface area contributed by atoms with E-state index in [1.807, 2.05) is 24.4 Å². The van der Waals surface area contributed by atoms with Gasteiger partial charge in [-0.05, 0) is 53.8 Å². The Morgan fingerprint density at radius 3 is 2.18 bits per heavy atom. The average molecular weight is 671 g/mol. The predicted molar refractivity (Wildman–Crippen MR) is 182 cm³/mol. The first-order chi connectivity index (χ1) is 23.3. The van der Waals surface area contributed by atoms with Crippen LogP contribution in [0.3, 0.4) is 0 Å². The molecule has 6 aromatic rings. The van der Waals surface area contributed by atoms with Crippen LogP contribution in [0.4, 0.5) is 13.2 Å². The van der Waals surface area contributed by atoms with Crippen molar-refractivity contribution in [3.8, 4) is 0 Å². The minimum absolute atomic E-state index is 0.238. The fourth-order valence-electron chi connectivity index (χ4n) is 5.54. The number of nitrogens with two attached hydrogens (primary N) is 1. The number of carboxylic acids is 1. The van der Waals surface area contributed by atoms with E-state index in [4.69, 9.17) is 25.8 Å². The van der Waals surface area contributed by atoms with Crippen LogP contribution in [0, 0.1) is 0 Å². The largest absolute Gasteiger partial charge is 0.490 e. The highest BCUT2D eigenvalue weighted by molar-refractivity contribution is 5.87. The molecule has 1 atom stereocenters. The van der Waals surface area contributed by atoms with Gasteiger partial charge in [-0.3, -0.25) is 4.79 Å². The van der Waals surface area contributed by atoms with Gasteiger partial charge in [0.05, 0.1) is 18.1 Å². The molecule has 0 unspecified atom stereocenters. The minimum Gasteiger partial charge on any atom is -0.475 e. The summed E-state index contributed by atoms with van der Waals surface area (Å²) < 4.78 is 33.9. The van der Waals surface area contributed by atoms with Crippen molar-refractivity contribution >= 4 is 33.6 Å². The van der Waals surface area contributed by atoms with Gasteiger partial charge in [0.15, 0.2) is 5.82 Å². The molecule has 0 spiro atoms. The maximum Gasteiger partial charge on any atom is 0.490 e. The normalized spacial score (nSPS) is 12.4. The monoisotopic (exact) mass is 670 g/mol. The maximum atomic E-state index is 13.3. The zero-order chi connectivity index (χ0) is 35.2. The number of amides is 1. The molecular formula is C37H37F3N6O3. The maximum absolute atomic E-state index is 13.3. The zero-order valence-corrected chi connectivity index (χ0v) is 27.0. The fraction of sp³-hybridized carbons (Fsp3) is 0.243. The van der Waals surface area contributed by atoms with Crippen LogP contribution < -0.4 is 11.1 Å². The first-order valence-electron chi connectivity index (χ1n) is 15.7. The molecule has 2 aromatic heterocycles. The number of aryl methyl sites for hydroxylation is 2. The van der Waals surface area contributed by atoms with Crippen LogP contribution in [-0.4, -0.2) is 48.4 Å². The Kier molecular flexibility index (Phi) is 10.5. The van der Waals surface area contributed by atoms with Gasteiger partial charge in [0, 0.05) is 29.9 Å². The van der Waals surface area contributed by atoms with Gasteiger partial charge in [0.2, 0.25) is 5.91 Å². The van der Waals surface area contributed by atoms with Crippen LogP contribution in [-0.2, 0) is 35.4 Å². The van der Waals surface area contributed by atoms with Crippen LogP contribution in [0.5, 0.6) is 0 Å². The Morgan fingerprint density at radius 1 is 0.857 bits per heavy atom. The van der Waals surface area contributed by atoms with E-state index in [-0.39, 0.29) is 5.91 Å². The zero-order valence-electron chi connectivity index (χ0n) is 27.0. The number of para-hydroxylation sites is 1. The molecule has 2 heterocycles. The van der Waals surface area contributed by atoms with Crippen LogP contribution in [0.2, 0.25) is 0 Å². The highest BCUT2D eigenvalue weighted by atomic mass is 19.4. The summed E-state index contributed by atoms with van der Waals surface area (Å²) in [7, 11) is 0. The standard InChI is InChI=1S/C35H36N6O.C2HF3O2/c1-35(2,36)34(42)38-31(21-27-22-37-30-18-9-8-17-29(27)30)33-40-39-32(20-19-24-11-4-3-5-12-24)41(33)23-26-15-10-14-25-13-6-7-16-28(25)26;3-2(4,5)1(6)7/h3-18,22,31,37H,19-21,23,36H2,1-2H3,(H,38,42);(H,6,7)/t31-;/m1./s1. The van der Waals surface area contributed by atoms with Crippen LogP contribution in [0.1, 0.15) is 48.2 Å². The van der Waals surface area contributed by atoms with Gasteiger partial charge in [0.25, 0.3) is 0 Å². The predicted octanol–water partition coefficient (Wildman–Crippen LogP) is 6.52. The molecular weight excluding hydrogens is 633 g/mol. The molecule has 0 aliphatic carbocycles. The molecule has 49 heavy (non-hydrogen) atoms. The second kappa shape index (κ2) is 14.7. The number of carbonyl (C=O) groups is 2. The average Bonchev–Trinajstić information content (AvgIpc) is 3.67. The third-order valence-corrected chi connectivity index (χ3v) is 8.09. The van der Waals surface area contributed by atoms with Gasteiger partial charge in [-0.15, -0.1) is 10.2 Å². The number of hydrogen-bond acceptors (Lipinski definition) is 5. The SMILES string of the molecule is CC(C)(N)C(=O)N[C@H](Cc1c[nH]c2ccccc12)c1nnc(CCc2ccccc2)n1Cc1cccc2ccccc12.O=C(O)C(F)(F)F. The lowest BCUT2D eigenvalue weighted by Gasteiger charge is -2.25. The Hall–Kier alpha value is -5.49. The molecule has 0 radical (unpaired) electrons. The molecule has 0 saturated heterocycles. The first kappa shape index (κ1) is 34.8. The number of H-pyrrole nitrogens is 1. The quantitative estimate of drug-likeness (QED) is 0.131. The second-order valence-electron chi connectivity index (χ2n) is 12.3. The van der Waals surface area contributed by atoms with E-state index in [9.17, 15) is 18.0 Å². The second-order valence-corrected chi connectivity index (χ2v) is 12.3. The fourth-order valence-corrected chi connectivity index (χ4v) is 5.54. The topological polar surface area (TPSA) is 139 Å². The first-order valence-corrected chi connectivity index (χ1v) is 15.7. The summed E-state index contributed by atoms with van der Waals surface area (Å²) in [4.78, 5) is 25.6. The summed E-state index contributed by atoms with van der Waals surface area (Å²) in [5.41, 5.74) is 9.77. The number of halogens is 3. The molecule has 0 saturated carbocycles. The van der Waals surface area contributed by atoms with Gasteiger partial charge in [0.1, 0.15) is 5.82 Å². The molecule has 0 bridgehead atoms. The molecule has 254 valence electrons. The molecule has 6 rings (SSSR count). The third kappa shape index (κ3) is 8.71. The van der Waals surface area contributed by atoms with Gasteiger partial charge in [-0.1, -0.05) is 91.0 Å². The number of hydrogen-bond donors (Lipinski definition) is 4. The van der Waals surface area contributed by atoms with Gasteiger partial charge in [-0.25, -0.2) is 4.79 Å². The molecule has 12 heteroatoms. The summed E-state index contributed by atoms with van der Waals surface area (Å²) in [6.07, 6.45) is -0.973. The van der Waals surface area contributed by atoms with Crippen molar-refractivity contribution in [3.63, 3.8) is 0 Å². The van der Waals surface area contributed by atoms with E-state index in [1.54, 1.807) is 13.8 Å². The summed E-state index contributed by atoms with van der Waals surface area (Å²) in [5, 5.41) is 23.3. The molecule has 9 nitrogen and oxygen atoms in total. The minimum atomic E-state index is -5.08. The summed E-state index contributed by atoms with van der Waals surface area (Å²) in [6.45, 7) is 4.02. The van der Waals surface area contributed by atoms with Crippen molar-refractivity contribution in [2.45, 2.75) is 57.4 Å². The van der Waals surface area contributed by atoms with Crippen molar-refractivity contribution in [1.82, 2.24) is 25.1 Å². The number of carboxylic acid groups (broad SMARTS) is 1. The van der Waals surface area contributed by atoms with Crippen molar-refractivity contribution in [3.05, 3.63) is 132 Å². The lowest BCUT2D eigenvalue weighted by molar-refractivity contribution is -0.192. The van der Waals surface area contributed by atoms with E-state index in [0.29, 0.717) is 18.8 Å². The molecule has 1 amide bonds. The Labute approximate surface area is 281 Å². The van der Waals surface area contributed by atoms with Gasteiger partial charge in [-0.2, -0.15) is 13.2 Å². The molecule has 5 N–H and O–H groups in total. The Bertz CT molecular complexity index is 2040. The number of aliphatic carboxylic acids is 1. The Balaban J connectivity index is 0.000000606. The van der Waals surface area contributed by atoms with E-state index in [1.165, 1.54) is 21.9 Å². The summed E-state index contributed by atoms with van der Waals surface area (Å²) in [5.74, 6) is -1.40. The number of nitrogens with zero attached hydrogens (tertiary/aromatic N) is 3. The summed E-state index contributed by atoms with van der Waals surface area (Å²) >= 11 is 0. The number of alkyl halides is 3. The smallest absolute Gasteiger partial charge is 0.475 e.